The molecule has 1 rings (SSSR count). The van der Waals surface area contributed by atoms with E-state index in [1.54, 1.807) is 6.07 Å². The molecule has 3 heteroatoms. The van der Waals surface area contributed by atoms with Gasteiger partial charge in [0.25, 0.3) is 0 Å². The molecule has 1 unspecified atom stereocenters. The SMILES string of the molecule is CCC(Nc1ccc(F)cc1C#N)C(C)C. The molecule has 0 aliphatic carbocycles. The fourth-order valence-electron chi connectivity index (χ4n) is 1.67. The molecule has 0 saturated carbocycles. The van der Waals surface area contributed by atoms with Gasteiger partial charge in [-0.15, -0.1) is 0 Å². The van der Waals surface area contributed by atoms with Gasteiger partial charge in [0.05, 0.1) is 11.3 Å². The van der Waals surface area contributed by atoms with Crippen LogP contribution in [-0.2, 0) is 0 Å². The molecule has 0 radical (unpaired) electrons. The van der Waals surface area contributed by atoms with Crippen molar-refractivity contribution in [1.82, 2.24) is 0 Å². The first-order valence-electron chi connectivity index (χ1n) is 5.54. The van der Waals surface area contributed by atoms with Gasteiger partial charge in [0.15, 0.2) is 0 Å². The maximum absolute atomic E-state index is 12.9. The Balaban J connectivity index is 2.92. The van der Waals surface area contributed by atoms with Crippen LogP contribution in [0, 0.1) is 23.1 Å². The molecule has 0 aromatic heterocycles. The fourth-order valence-corrected chi connectivity index (χ4v) is 1.67. The first-order valence-corrected chi connectivity index (χ1v) is 5.54. The number of hydrogen-bond acceptors (Lipinski definition) is 2. The van der Waals surface area contributed by atoms with E-state index < -0.39 is 0 Å². The van der Waals surface area contributed by atoms with Gasteiger partial charge in [-0.1, -0.05) is 20.8 Å². The van der Waals surface area contributed by atoms with Crippen molar-refractivity contribution in [2.45, 2.75) is 33.2 Å². The molecule has 0 bridgehead atoms. The Hall–Kier alpha value is -1.56. The van der Waals surface area contributed by atoms with Crippen molar-refractivity contribution in [3.05, 3.63) is 29.6 Å². The van der Waals surface area contributed by atoms with E-state index in [2.05, 4.69) is 26.1 Å². The topological polar surface area (TPSA) is 35.8 Å². The van der Waals surface area contributed by atoms with Gasteiger partial charge in [0.1, 0.15) is 11.9 Å². The molecule has 0 fully saturated rings. The second-order valence-electron chi connectivity index (χ2n) is 4.20. The predicted octanol–water partition coefficient (Wildman–Crippen LogP) is 3.54. The first kappa shape index (κ1) is 12.5. The van der Waals surface area contributed by atoms with Crippen molar-refractivity contribution >= 4 is 5.69 Å². The molecular formula is C13H17FN2. The molecule has 0 amide bonds. The molecule has 2 nitrogen and oxygen atoms in total. The minimum atomic E-state index is -0.375. The normalized spacial score (nSPS) is 12.2. The Labute approximate surface area is 96.1 Å². The van der Waals surface area contributed by atoms with E-state index in [1.165, 1.54) is 12.1 Å². The highest BCUT2D eigenvalue weighted by atomic mass is 19.1. The van der Waals surface area contributed by atoms with E-state index in [4.69, 9.17) is 5.26 Å². The Bertz CT molecular complexity index is 393. The zero-order chi connectivity index (χ0) is 12.1. The third kappa shape index (κ3) is 2.96. The monoisotopic (exact) mass is 220 g/mol. The maximum Gasteiger partial charge on any atom is 0.124 e. The summed E-state index contributed by atoms with van der Waals surface area (Å²) in [7, 11) is 0. The van der Waals surface area contributed by atoms with Gasteiger partial charge < -0.3 is 5.32 Å². The average molecular weight is 220 g/mol. The van der Waals surface area contributed by atoms with Crippen LogP contribution in [0.2, 0.25) is 0 Å². The summed E-state index contributed by atoms with van der Waals surface area (Å²) in [5.41, 5.74) is 1.07. The number of nitriles is 1. The lowest BCUT2D eigenvalue weighted by Gasteiger charge is -2.22. The summed E-state index contributed by atoms with van der Waals surface area (Å²) < 4.78 is 12.9. The van der Waals surface area contributed by atoms with Crippen molar-refractivity contribution in [3.8, 4) is 6.07 Å². The lowest BCUT2D eigenvalue weighted by Crippen LogP contribution is -2.25. The van der Waals surface area contributed by atoms with Gasteiger partial charge in [-0.2, -0.15) is 5.26 Å². The van der Waals surface area contributed by atoms with Crippen molar-refractivity contribution in [3.63, 3.8) is 0 Å². The zero-order valence-corrected chi connectivity index (χ0v) is 9.92. The molecule has 1 N–H and O–H groups in total. The highest BCUT2D eigenvalue weighted by Crippen LogP contribution is 2.20. The predicted molar refractivity (Wildman–Crippen MR) is 63.7 cm³/mol. The van der Waals surface area contributed by atoms with Crippen molar-refractivity contribution in [1.29, 1.82) is 5.26 Å². The van der Waals surface area contributed by atoms with Crippen LogP contribution in [0.5, 0.6) is 0 Å². The van der Waals surface area contributed by atoms with E-state index >= 15 is 0 Å². The summed E-state index contributed by atoms with van der Waals surface area (Å²) in [5, 5.41) is 12.2. The zero-order valence-electron chi connectivity index (χ0n) is 9.92. The van der Waals surface area contributed by atoms with Crippen molar-refractivity contribution in [2.75, 3.05) is 5.32 Å². The van der Waals surface area contributed by atoms with E-state index in [1.807, 2.05) is 6.07 Å². The number of benzene rings is 1. The molecule has 0 aliphatic rings. The lowest BCUT2D eigenvalue weighted by atomic mass is 10.0. The van der Waals surface area contributed by atoms with Gasteiger partial charge >= 0.3 is 0 Å². The van der Waals surface area contributed by atoms with Crippen LogP contribution in [0.25, 0.3) is 0 Å². The Morgan fingerprint density at radius 3 is 2.62 bits per heavy atom. The van der Waals surface area contributed by atoms with Gasteiger partial charge in [0, 0.05) is 6.04 Å². The standard InChI is InChI=1S/C13H17FN2/c1-4-12(9(2)3)16-13-6-5-11(14)7-10(13)8-15/h5-7,9,12,16H,4H2,1-3H3. The summed E-state index contributed by atoms with van der Waals surface area (Å²) in [4.78, 5) is 0. The van der Waals surface area contributed by atoms with Crippen LogP contribution in [-0.4, -0.2) is 6.04 Å². The molecule has 1 aromatic rings. The number of anilines is 1. The average Bonchev–Trinajstić information content (AvgIpc) is 2.26. The highest BCUT2D eigenvalue weighted by Gasteiger charge is 2.12. The van der Waals surface area contributed by atoms with Crippen LogP contribution in [0.1, 0.15) is 32.8 Å². The van der Waals surface area contributed by atoms with Crippen LogP contribution in [0.4, 0.5) is 10.1 Å². The largest absolute Gasteiger partial charge is 0.381 e. The molecule has 1 aromatic carbocycles. The molecule has 1 atom stereocenters. The van der Waals surface area contributed by atoms with E-state index in [0.717, 1.165) is 6.42 Å². The van der Waals surface area contributed by atoms with E-state index in [-0.39, 0.29) is 5.82 Å². The molecule has 0 spiro atoms. The summed E-state index contributed by atoms with van der Waals surface area (Å²) >= 11 is 0. The molecule has 16 heavy (non-hydrogen) atoms. The first-order chi connectivity index (χ1) is 7.58. The van der Waals surface area contributed by atoms with Gasteiger partial charge in [0.2, 0.25) is 0 Å². The third-order valence-electron chi connectivity index (χ3n) is 2.69. The molecule has 86 valence electrons. The smallest absolute Gasteiger partial charge is 0.124 e. The van der Waals surface area contributed by atoms with Crippen LogP contribution >= 0.6 is 0 Å². The number of nitrogens with zero attached hydrogens (tertiary/aromatic N) is 1. The molecule has 0 heterocycles. The Morgan fingerprint density at radius 1 is 1.44 bits per heavy atom. The van der Waals surface area contributed by atoms with Crippen LogP contribution in [0.3, 0.4) is 0 Å². The quantitative estimate of drug-likeness (QED) is 0.842. The van der Waals surface area contributed by atoms with Crippen LogP contribution < -0.4 is 5.32 Å². The van der Waals surface area contributed by atoms with Crippen molar-refractivity contribution in [2.24, 2.45) is 5.92 Å². The fraction of sp³-hybridized carbons (Fsp3) is 0.462. The van der Waals surface area contributed by atoms with Crippen LogP contribution in [0.15, 0.2) is 18.2 Å². The van der Waals surface area contributed by atoms with Gasteiger partial charge in [-0.25, -0.2) is 4.39 Å². The Kier molecular flexibility index (Phi) is 4.30. The van der Waals surface area contributed by atoms with Crippen molar-refractivity contribution < 1.29 is 4.39 Å². The third-order valence-corrected chi connectivity index (χ3v) is 2.69. The Morgan fingerprint density at radius 2 is 2.12 bits per heavy atom. The summed E-state index contributed by atoms with van der Waals surface area (Å²) in [5.74, 6) is 0.0984. The van der Waals surface area contributed by atoms with Gasteiger partial charge in [-0.3, -0.25) is 0 Å². The minimum Gasteiger partial charge on any atom is -0.381 e. The number of halogens is 1. The summed E-state index contributed by atoms with van der Waals surface area (Å²) in [6.45, 7) is 6.33. The second-order valence-corrected chi connectivity index (χ2v) is 4.20. The highest BCUT2D eigenvalue weighted by molar-refractivity contribution is 5.57. The summed E-state index contributed by atoms with van der Waals surface area (Å²) in [6.07, 6.45) is 0.972. The lowest BCUT2D eigenvalue weighted by molar-refractivity contribution is 0.511. The summed E-state index contributed by atoms with van der Waals surface area (Å²) in [6, 6.07) is 6.56. The number of nitrogens with one attached hydrogen (secondary N) is 1. The van der Waals surface area contributed by atoms with Gasteiger partial charge in [-0.05, 0) is 30.5 Å². The number of rotatable bonds is 4. The maximum atomic E-state index is 12.9. The molecule has 0 saturated heterocycles. The molecular weight excluding hydrogens is 203 g/mol. The second kappa shape index (κ2) is 5.50. The molecule has 0 aliphatic heterocycles. The van der Waals surface area contributed by atoms with E-state index in [9.17, 15) is 4.39 Å². The van der Waals surface area contributed by atoms with E-state index in [0.29, 0.717) is 23.2 Å². The minimum absolute atomic E-state index is 0.303. The number of hydrogen-bond donors (Lipinski definition) is 1.